The Kier molecular flexibility index (Phi) is 6.91. The van der Waals surface area contributed by atoms with Crippen molar-refractivity contribution in [3.8, 4) is 5.75 Å². The summed E-state index contributed by atoms with van der Waals surface area (Å²) in [4.78, 5) is 11.8. The summed E-state index contributed by atoms with van der Waals surface area (Å²) in [5.41, 5.74) is 2.16. The molecule has 0 heterocycles. The summed E-state index contributed by atoms with van der Waals surface area (Å²) >= 11 is 5.82. The predicted molar refractivity (Wildman–Crippen MR) is 90.8 cm³/mol. The molecule has 2 aromatic rings. The maximum atomic E-state index is 11.8. The molecule has 0 aliphatic carbocycles. The molecular weight excluding hydrogens is 314 g/mol. The largest absolute Gasteiger partial charge is 0.484 e. The Morgan fingerprint density at radius 1 is 1.04 bits per heavy atom. The highest BCUT2D eigenvalue weighted by atomic mass is 35.5. The molecule has 4 nitrogen and oxygen atoms in total. The molecule has 0 saturated heterocycles. The summed E-state index contributed by atoms with van der Waals surface area (Å²) in [6.45, 7) is 1.13. The number of carbonyl (C=O) groups excluding carboxylic acids is 1. The van der Waals surface area contributed by atoms with Crippen molar-refractivity contribution < 1.29 is 14.3 Å². The second kappa shape index (κ2) is 9.18. The van der Waals surface area contributed by atoms with Crippen LogP contribution in [0.1, 0.15) is 11.1 Å². The second-order valence-electron chi connectivity index (χ2n) is 5.08. The lowest BCUT2D eigenvalue weighted by molar-refractivity contribution is -0.123. The van der Waals surface area contributed by atoms with Crippen LogP contribution in [-0.2, 0) is 22.5 Å². The van der Waals surface area contributed by atoms with Crippen molar-refractivity contribution in [1.82, 2.24) is 5.32 Å². The lowest BCUT2D eigenvalue weighted by atomic mass is 10.1. The minimum absolute atomic E-state index is 0.00892. The van der Waals surface area contributed by atoms with Gasteiger partial charge in [-0.15, -0.1) is 0 Å². The van der Waals surface area contributed by atoms with Crippen LogP contribution in [0.15, 0.2) is 48.5 Å². The minimum atomic E-state index is -0.164. The van der Waals surface area contributed by atoms with E-state index >= 15 is 0 Å². The fraction of sp³-hybridized carbons (Fsp3) is 0.278. The van der Waals surface area contributed by atoms with Gasteiger partial charge in [0.2, 0.25) is 0 Å². The molecule has 1 N–H and O–H groups in total. The number of methoxy groups -OCH3 is 1. The zero-order valence-electron chi connectivity index (χ0n) is 13.0. The number of carbonyl (C=O) groups is 1. The maximum absolute atomic E-state index is 11.8. The second-order valence-corrected chi connectivity index (χ2v) is 5.52. The summed E-state index contributed by atoms with van der Waals surface area (Å²) in [7, 11) is 1.68. The Labute approximate surface area is 141 Å². The van der Waals surface area contributed by atoms with E-state index in [4.69, 9.17) is 21.1 Å². The molecule has 0 radical (unpaired) electrons. The third-order valence-electron chi connectivity index (χ3n) is 3.29. The van der Waals surface area contributed by atoms with Crippen molar-refractivity contribution in [2.24, 2.45) is 0 Å². The zero-order chi connectivity index (χ0) is 16.5. The Morgan fingerprint density at radius 2 is 1.70 bits per heavy atom. The number of hydrogen-bond donors (Lipinski definition) is 1. The number of nitrogens with one attached hydrogen (secondary N) is 1. The van der Waals surface area contributed by atoms with E-state index in [1.165, 1.54) is 5.56 Å². The van der Waals surface area contributed by atoms with E-state index in [2.05, 4.69) is 5.32 Å². The van der Waals surface area contributed by atoms with E-state index in [1.54, 1.807) is 19.2 Å². The van der Waals surface area contributed by atoms with E-state index in [1.807, 2.05) is 36.4 Å². The van der Waals surface area contributed by atoms with Crippen molar-refractivity contribution in [2.75, 3.05) is 20.3 Å². The number of benzene rings is 2. The van der Waals surface area contributed by atoms with Gasteiger partial charge in [-0.2, -0.15) is 0 Å². The van der Waals surface area contributed by atoms with Gasteiger partial charge >= 0.3 is 0 Å². The lowest BCUT2D eigenvalue weighted by Crippen LogP contribution is -2.28. The molecule has 0 atom stereocenters. The number of halogens is 1. The normalized spacial score (nSPS) is 10.3. The van der Waals surface area contributed by atoms with Gasteiger partial charge in [-0.25, -0.2) is 0 Å². The number of hydrogen-bond acceptors (Lipinski definition) is 3. The Morgan fingerprint density at radius 3 is 2.35 bits per heavy atom. The van der Waals surface area contributed by atoms with Gasteiger partial charge in [0, 0.05) is 18.7 Å². The third-order valence-corrected chi connectivity index (χ3v) is 3.54. The van der Waals surface area contributed by atoms with Crippen LogP contribution in [0.5, 0.6) is 5.75 Å². The van der Waals surface area contributed by atoms with Crippen LogP contribution in [0.3, 0.4) is 0 Å². The van der Waals surface area contributed by atoms with Crippen molar-refractivity contribution in [2.45, 2.75) is 13.0 Å². The first kappa shape index (κ1) is 17.3. The number of ether oxygens (including phenoxy) is 2. The van der Waals surface area contributed by atoms with Crippen LogP contribution < -0.4 is 10.1 Å². The van der Waals surface area contributed by atoms with Crippen molar-refractivity contribution in [3.05, 3.63) is 64.7 Å². The summed E-state index contributed by atoms with van der Waals surface area (Å²) < 4.78 is 10.5. The first-order chi connectivity index (χ1) is 11.2. The molecule has 2 rings (SSSR count). The quantitative estimate of drug-likeness (QED) is 0.807. The number of amides is 1. The summed E-state index contributed by atoms with van der Waals surface area (Å²) in [5.74, 6) is 0.510. The average molecular weight is 334 g/mol. The number of rotatable bonds is 8. The highest BCUT2D eigenvalue weighted by Gasteiger charge is 2.03. The molecule has 0 bridgehead atoms. The smallest absolute Gasteiger partial charge is 0.258 e. The molecule has 23 heavy (non-hydrogen) atoms. The standard InChI is InChI=1S/C18H20ClNO3/c1-22-11-10-14-4-8-17(9-5-14)23-13-18(21)20-12-15-2-6-16(19)7-3-15/h2-9H,10-13H2,1H3,(H,20,21). The van der Waals surface area contributed by atoms with Crippen LogP contribution in [0.25, 0.3) is 0 Å². The van der Waals surface area contributed by atoms with Gasteiger partial charge in [-0.05, 0) is 41.8 Å². The van der Waals surface area contributed by atoms with E-state index in [0.29, 0.717) is 23.9 Å². The van der Waals surface area contributed by atoms with Gasteiger partial charge < -0.3 is 14.8 Å². The van der Waals surface area contributed by atoms with Crippen LogP contribution in [0.4, 0.5) is 0 Å². The third kappa shape index (κ3) is 6.30. The molecule has 0 aliphatic rings. The molecule has 0 aromatic heterocycles. The first-order valence-electron chi connectivity index (χ1n) is 7.39. The molecule has 0 unspecified atom stereocenters. The minimum Gasteiger partial charge on any atom is -0.484 e. The van der Waals surface area contributed by atoms with Gasteiger partial charge in [-0.1, -0.05) is 35.9 Å². The molecule has 2 aromatic carbocycles. The van der Waals surface area contributed by atoms with Crippen LogP contribution >= 0.6 is 11.6 Å². The predicted octanol–water partition coefficient (Wildman–Crippen LogP) is 3.22. The van der Waals surface area contributed by atoms with E-state index in [-0.39, 0.29) is 12.5 Å². The first-order valence-corrected chi connectivity index (χ1v) is 7.77. The van der Waals surface area contributed by atoms with Crippen molar-refractivity contribution >= 4 is 17.5 Å². The highest BCUT2D eigenvalue weighted by molar-refractivity contribution is 6.30. The lowest BCUT2D eigenvalue weighted by Gasteiger charge is -2.08. The van der Waals surface area contributed by atoms with Gasteiger partial charge in [0.25, 0.3) is 5.91 Å². The fourth-order valence-electron chi connectivity index (χ4n) is 1.98. The average Bonchev–Trinajstić information content (AvgIpc) is 2.58. The Hall–Kier alpha value is -2.04. The fourth-order valence-corrected chi connectivity index (χ4v) is 2.10. The SMILES string of the molecule is COCCc1ccc(OCC(=O)NCc2ccc(Cl)cc2)cc1. The monoisotopic (exact) mass is 333 g/mol. The molecule has 0 fully saturated rings. The molecule has 0 aliphatic heterocycles. The molecule has 122 valence electrons. The molecule has 1 amide bonds. The van der Waals surface area contributed by atoms with Crippen LogP contribution in [0.2, 0.25) is 5.02 Å². The summed E-state index contributed by atoms with van der Waals surface area (Å²) in [6.07, 6.45) is 0.859. The molecule has 0 saturated carbocycles. The summed E-state index contributed by atoms with van der Waals surface area (Å²) in [6, 6.07) is 15.0. The van der Waals surface area contributed by atoms with Gasteiger partial charge in [0.05, 0.1) is 6.61 Å². The van der Waals surface area contributed by atoms with Gasteiger partial charge in [-0.3, -0.25) is 4.79 Å². The highest BCUT2D eigenvalue weighted by Crippen LogP contribution is 2.13. The topological polar surface area (TPSA) is 47.6 Å². The van der Waals surface area contributed by atoms with Crippen LogP contribution in [0, 0.1) is 0 Å². The Bertz CT molecular complexity index is 611. The van der Waals surface area contributed by atoms with E-state index in [0.717, 1.165) is 12.0 Å². The van der Waals surface area contributed by atoms with Gasteiger partial charge in [0.15, 0.2) is 6.61 Å². The maximum Gasteiger partial charge on any atom is 0.258 e. The van der Waals surface area contributed by atoms with Crippen LogP contribution in [-0.4, -0.2) is 26.2 Å². The zero-order valence-corrected chi connectivity index (χ0v) is 13.8. The molecule has 5 heteroatoms. The van der Waals surface area contributed by atoms with Crippen molar-refractivity contribution in [1.29, 1.82) is 0 Å². The van der Waals surface area contributed by atoms with E-state index in [9.17, 15) is 4.79 Å². The summed E-state index contributed by atoms with van der Waals surface area (Å²) in [5, 5.41) is 3.48. The molecule has 0 spiro atoms. The Balaban J connectivity index is 1.72. The van der Waals surface area contributed by atoms with Crippen molar-refractivity contribution in [3.63, 3.8) is 0 Å². The van der Waals surface area contributed by atoms with Gasteiger partial charge in [0.1, 0.15) is 5.75 Å². The van der Waals surface area contributed by atoms with E-state index < -0.39 is 0 Å². The molecular formula is C18H20ClNO3.